The minimum atomic E-state index is -0.208. The van der Waals surface area contributed by atoms with E-state index < -0.39 is 0 Å². The van der Waals surface area contributed by atoms with E-state index in [1.807, 2.05) is 26.0 Å². The summed E-state index contributed by atoms with van der Waals surface area (Å²) in [6.45, 7) is 5.96. The average Bonchev–Trinajstić information content (AvgIpc) is 2.68. The van der Waals surface area contributed by atoms with Gasteiger partial charge in [-0.1, -0.05) is 0 Å². The van der Waals surface area contributed by atoms with E-state index in [-0.39, 0.29) is 12.0 Å². The molecule has 19 heavy (non-hydrogen) atoms. The molecule has 5 heteroatoms. The second kappa shape index (κ2) is 5.73. The molecule has 0 aliphatic carbocycles. The van der Waals surface area contributed by atoms with Gasteiger partial charge in [0.25, 0.3) is 0 Å². The van der Waals surface area contributed by atoms with Crippen LogP contribution in [0.15, 0.2) is 17.2 Å². The van der Waals surface area contributed by atoms with Crippen molar-refractivity contribution in [1.82, 2.24) is 5.43 Å². The molecule has 0 radical (unpaired) electrons. The van der Waals surface area contributed by atoms with Crippen molar-refractivity contribution in [3.8, 4) is 11.5 Å². The molecule has 1 aliphatic rings. The van der Waals surface area contributed by atoms with Gasteiger partial charge in [0.15, 0.2) is 0 Å². The van der Waals surface area contributed by atoms with Crippen LogP contribution in [0.25, 0.3) is 0 Å². The van der Waals surface area contributed by atoms with Crippen LogP contribution in [-0.2, 0) is 11.2 Å². The van der Waals surface area contributed by atoms with Crippen molar-refractivity contribution < 1.29 is 14.3 Å². The lowest BCUT2D eigenvalue weighted by Crippen LogP contribution is -2.12. The molecule has 2 rings (SSSR count). The Hall–Kier alpha value is -2.04. The Morgan fingerprint density at radius 3 is 3.11 bits per heavy atom. The Bertz CT molecular complexity index is 512. The average molecular weight is 262 g/mol. The van der Waals surface area contributed by atoms with Gasteiger partial charge in [-0.2, -0.15) is 5.10 Å². The van der Waals surface area contributed by atoms with E-state index in [1.165, 1.54) is 6.92 Å². The topological polar surface area (TPSA) is 59.9 Å². The highest BCUT2D eigenvalue weighted by Crippen LogP contribution is 2.34. The number of nitrogens with one attached hydrogen (secondary N) is 1. The van der Waals surface area contributed by atoms with Crippen molar-refractivity contribution in [3.63, 3.8) is 0 Å². The molecule has 5 nitrogen and oxygen atoms in total. The predicted molar refractivity (Wildman–Crippen MR) is 72.8 cm³/mol. The van der Waals surface area contributed by atoms with E-state index in [1.54, 1.807) is 6.21 Å². The molecular formula is C14H18N2O3. The summed E-state index contributed by atoms with van der Waals surface area (Å²) >= 11 is 0. The maximum Gasteiger partial charge on any atom is 0.236 e. The van der Waals surface area contributed by atoms with Crippen molar-refractivity contribution in [2.75, 3.05) is 6.61 Å². The summed E-state index contributed by atoms with van der Waals surface area (Å²) in [7, 11) is 0. The molecule has 0 bridgehead atoms. The highest BCUT2D eigenvalue weighted by atomic mass is 16.5. The number of hydrogen-bond donors (Lipinski definition) is 1. The van der Waals surface area contributed by atoms with E-state index in [4.69, 9.17) is 9.47 Å². The van der Waals surface area contributed by atoms with Crippen molar-refractivity contribution in [3.05, 3.63) is 23.3 Å². The van der Waals surface area contributed by atoms with E-state index in [2.05, 4.69) is 10.5 Å². The van der Waals surface area contributed by atoms with Crippen LogP contribution in [0.4, 0.5) is 0 Å². The molecule has 1 aromatic rings. The zero-order chi connectivity index (χ0) is 13.8. The van der Waals surface area contributed by atoms with E-state index in [0.29, 0.717) is 6.61 Å². The molecule has 102 valence electrons. The van der Waals surface area contributed by atoms with Gasteiger partial charge in [0.1, 0.15) is 17.6 Å². The van der Waals surface area contributed by atoms with Gasteiger partial charge >= 0.3 is 0 Å². The third-order valence-electron chi connectivity index (χ3n) is 2.75. The lowest BCUT2D eigenvalue weighted by molar-refractivity contribution is -0.118. The van der Waals surface area contributed by atoms with Gasteiger partial charge in [-0.05, 0) is 26.0 Å². The highest BCUT2D eigenvalue weighted by molar-refractivity contribution is 5.86. The number of hydrogen-bond acceptors (Lipinski definition) is 4. The molecular weight excluding hydrogens is 244 g/mol. The van der Waals surface area contributed by atoms with Gasteiger partial charge in [0, 0.05) is 24.5 Å². The minimum Gasteiger partial charge on any atom is -0.493 e. The Kier molecular flexibility index (Phi) is 4.04. The fraction of sp³-hybridized carbons (Fsp3) is 0.429. The number of rotatable bonds is 4. The predicted octanol–water partition coefficient (Wildman–Crippen LogP) is 1.88. The van der Waals surface area contributed by atoms with E-state index >= 15 is 0 Å². The zero-order valence-electron chi connectivity index (χ0n) is 11.4. The molecule has 0 saturated carbocycles. The molecule has 1 heterocycles. The molecule has 1 N–H and O–H groups in total. The van der Waals surface area contributed by atoms with Crippen molar-refractivity contribution in [2.24, 2.45) is 5.10 Å². The summed E-state index contributed by atoms with van der Waals surface area (Å²) in [6.07, 6.45) is 2.64. The quantitative estimate of drug-likeness (QED) is 0.665. The molecule has 0 saturated heterocycles. The smallest absolute Gasteiger partial charge is 0.236 e. The molecule has 0 aromatic heterocycles. The summed E-state index contributed by atoms with van der Waals surface area (Å²) < 4.78 is 11.3. The summed E-state index contributed by atoms with van der Waals surface area (Å²) in [6, 6.07) is 3.88. The Morgan fingerprint density at radius 2 is 2.42 bits per heavy atom. The fourth-order valence-corrected chi connectivity index (χ4v) is 2.03. The summed E-state index contributed by atoms with van der Waals surface area (Å²) in [5.41, 5.74) is 4.31. The van der Waals surface area contributed by atoms with Gasteiger partial charge in [-0.15, -0.1) is 0 Å². The number of ether oxygens (including phenoxy) is 2. The van der Waals surface area contributed by atoms with Gasteiger partial charge < -0.3 is 9.47 Å². The van der Waals surface area contributed by atoms with Crippen LogP contribution < -0.4 is 14.9 Å². The second-order valence-electron chi connectivity index (χ2n) is 4.49. The van der Waals surface area contributed by atoms with Crippen LogP contribution in [0.3, 0.4) is 0 Å². The van der Waals surface area contributed by atoms with Crippen molar-refractivity contribution in [1.29, 1.82) is 0 Å². The Morgan fingerprint density at radius 1 is 1.63 bits per heavy atom. The summed E-state index contributed by atoms with van der Waals surface area (Å²) in [4.78, 5) is 10.8. The van der Waals surface area contributed by atoms with Crippen LogP contribution in [0.1, 0.15) is 31.9 Å². The van der Waals surface area contributed by atoms with Crippen LogP contribution in [0.2, 0.25) is 0 Å². The zero-order valence-corrected chi connectivity index (χ0v) is 11.4. The first-order valence-electron chi connectivity index (χ1n) is 6.36. The number of carbonyl (C=O) groups is 1. The fourth-order valence-electron chi connectivity index (χ4n) is 2.03. The Balaban J connectivity index is 2.28. The lowest BCUT2D eigenvalue weighted by Gasteiger charge is -2.09. The number of fused-ring (bicyclic) bond motifs is 1. The van der Waals surface area contributed by atoms with E-state index in [0.717, 1.165) is 29.0 Å². The van der Waals surface area contributed by atoms with Gasteiger partial charge in [0.2, 0.25) is 5.91 Å². The summed E-state index contributed by atoms with van der Waals surface area (Å²) in [5, 5.41) is 3.87. The van der Waals surface area contributed by atoms with Crippen LogP contribution in [0, 0.1) is 0 Å². The third kappa shape index (κ3) is 3.24. The number of carbonyl (C=O) groups excluding carboxylic acids is 1. The molecule has 1 atom stereocenters. The number of hydrazone groups is 1. The maximum atomic E-state index is 10.8. The van der Waals surface area contributed by atoms with Crippen LogP contribution in [-0.4, -0.2) is 24.8 Å². The number of nitrogens with zero attached hydrogens (tertiary/aromatic N) is 1. The normalized spacial score (nSPS) is 17.1. The van der Waals surface area contributed by atoms with Crippen LogP contribution in [0.5, 0.6) is 11.5 Å². The first-order valence-corrected chi connectivity index (χ1v) is 6.36. The number of amides is 1. The minimum absolute atomic E-state index is 0.187. The third-order valence-corrected chi connectivity index (χ3v) is 2.75. The standard InChI is InChI=1S/C14H18N2O3/c1-4-18-13-6-11-5-9(2)19-14(11)7-12(13)8-15-16-10(3)17/h6-9H,4-5H2,1-3H3,(H,16,17)/b15-8-/t9-/m0/s1. The van der Waals surface area contributed by atoms with E-state index in [9.17, 15) is 4.79 Å². The summed E-state index contributed by atoms with van der Waals surface area (Å²) in [5.74, 6) is 1.41. The first-order chi connectivity index (χ1) is 9.10. The van der Waals surface area contributed by atoms with Crippen molar-refractivity contribution >= 4 is 12.1 Å². The monoisotopic (exact) mass is 262 g/mol. The number of benzene rings is 1. The first kappa shape index (κ1) is 13.4. The molecule has 0 unspecified atom stereocenters. The SMILES string of the molecule is CCOc1cc2c(cc1/C=N\NC(C)=O)O[C@@H](C)C2. The second-order valence-corrected chi connectivity index (χ2v) is 4.49. The lowest BCUT2D eigenvalue weighted by atomic mass is 10.1. The molecule has 0 fully saturated rings. The molecule has 1 aliphatic heterocycles. The van der Waals surface area contributed by atoms with Crippen molar-refractivity contribution in [2.45, 2.75) is 33.3 Å². The largest absolute Gasteiger partial charge is 0.493 e. The highest BCUT2D eigenvalue weighted by Gasteiger charge is 2.21. The molecule has 0 spiro atoms. The molecule has 1 amide bonds. The van der Waals surface area contributed by atoms with Gasteiger partial charge in [0.05, 0.1) is 12.8 Å². The maximum absolute atomic E-state index is 10.8. The van der Waals surface area contributed by atoms with Crippen LogP contribution >= 0.6 is 0 Å². The Labute approximate surface area is 112 Å². The van der Waals surface area contributed by atoms with Gasteiger partial charge in [-0.3, -0.25) is 4.79 Å². The van der Waals surface area contributed by atoms with Gasteiger partial charge in [-0.25, -0.2) is 5.43 Å². The molecule has 1 aromatic carbocycles.